The van der Waals surface area contributed by atoms with Crippen molar-refractivity contribution in [2.24, 2.45) is 5.73 Å². The molecule has 1 aromatic rings. The molecule has 1 atom stereocenters. The zero-order chi connectivity index (χ0) is 13.8. The van der Waals surface area contributed by atoms with E-state index in [1.807, 2.05) is 13.0 Å². The molecule has 1 rings (SSSR count). The summed E-state index contributed by atoms with van der Waals surface area (Å²) in [4.78, 5) is 11.6. The topological polar surface area (TPSA) is 83.8 Å². The van der Waals surface area contributed by atoms with E-state index in [1.54, 1.807) is 0 Å². The third-order valence-corrected chi connectivity index (χ3v) is 2.72. The van der Waals surface area contributed by atoms with Crippen molar-refractivity contribution in [3.63, 3.8) is 0 Å². The van der Waals surface area contributed by atoms with Gasteiger partial charge in [0.25, 0.3) is 0 Å². The third kappa shape index (κ3) is 4.87. The lowest BCUT2D eigenvalue weighted by Crippen LogP contribution is -2.17. The largest absolute Gasteiger partial charge is 0.328 e. The van der Waals surface area contributed by atoms with E-state index in [0.717, 1.165) is 18.5 Å². The highest BCUT2D eigenvalue weighted by Gasteiger charge is 2.17. The van der Waals surface area contributed by atoms with Gasteiger partial charge in [0.2, 0.25) is 5.91 Å². The van der Waals surface area contributed by atoms with E-state index < -0.39 is 0 Å². The summed E-state index contributed by atoms with van der Waals surface area (Å²) >= 11 is 0. The van der Waals surface area contributed by atoms with Crippen LogP contribution in [0.2, 0.25) is 0 Å². The van der Waals surface area contributed by atoms with Crippen LogP contribution in [0.25, 0.3) is 0 Å². The number of nitrogens with zero attached hydrogens (tertiary/aromatic N) is 1. The average Bonchev–Trinajstić information content (AvgIpc) is 2.64. The molecule has 0 fully saturated rings. The Morgan fingerprint density at radius 3 is 2.72 bits per heavy atom. The zero-order valence-electron chi connectivity index (χ0n) is 11.7. The molecular weight excluding hydrogens is 228 g/mol. The number of carbonyl (C=O) groups excluding carboxylic acids is 1. The summed E-state index contributed by atoms with van der Waals surface area (Å²) in [5.74, 6) is 0.577. The van der Waals surface area contributed by atoms with Gasteiger partial charge in [-0.2, -0.15) is 5.10 Å². The highest BCUT2D eigenvalue weighted by atomic mass is 16.1. The van der Waals surface area contributed by atoms with Crippen molar-refractivity contribution >= 4 is 11.7 Å². The molecule has 1 unspecified atom stereocenters. The van der Waals surface area contributed by atoms with Crippen molar-refractivity contribution in [2.45, 2.75) is 58.4 Å². The van der Waals surface area contributed by atoms with Crippen LogP contribution in [0.1, 0.15) is 52.7 Å². The van der Waals surface area contributed by atoms with Crippen molar-refractivity contribution in [3.05, 3.63) is 11.8 Å². The van der Waals surface area contributed by atoms with Gasteiger partial charge in [-0.05, 0) is 19.8 Å². The second-order valence-electron chi connectivity index (χ2n) is 5.83. The van der Waals surface area contributed by atoms with Crippen molar-refractivity contribution in [1.29, 1.82) is 0 Å². The maximum Gasteiger partial charge on any atom is 0.225 e. The number of anilines is 1. The van der Waals surface area contributed by atoms with E-state index >= 15 is 0 Å². The first-order valence-corrected chi connectivity index (χ1v) is 6.40. The molecule has 102 valence electrons. The molecule has 0 saturated heterocycles. The number of aromatic nitrogens is 2. The molecule has 0 aliphatic carbocycles. The average molecular weight is 252 g/mol. The number of hydrogen-bond donors (Lipinski definition) is 3. The standard InChI is InChI=1S/C13H24N4O/c1-9(14)6-5-7-12(18)15-11-8-10(16-17-11)13(2,3)4/h8-9H,5-7,14H2,1-4H3,(H2,15,16,17,18). The quantitative estimate of drug-likeness (QED) is 0.751. The number of amides is 1. The fourth-order valence-corrected chi connectivity index (χ4v) is 1.56. The Labute approximate surface area is 109 Å². The highest BCUT2D eigenvalue weighted by molar-refractivity contribution is 5.89. The second kappa shape index (κ2) is 6.00. The van der Waals surface area contributed by atoms with Crippen LogP contribution >= 0.6 is 0 Å². The summed E-state index contributed by atoms with van der Waals surface area (Å²) in [7, 11) is 0. The van der Waals surface area contributed by atoms with E-state index in [0.29, 0.717) is 12.2 Å². The van der Waals surface area contributed by atoms with Gasteiger partial charge in [-0.1, -0.05) is 20.8 Å². The van der Waals surface area contributed by atoms with Crippen LogP contribution in [-0.2, 0) is 10.2 Å². The zero-order valence-corrected chi connectivity index (χ0v) is 11.7. The maximum absolute atomic E-state index is 11.6. The Bertz CT molecular complexity index is 390. The Hall–Kier alpha value is -1.36. The molecule has 0 aliphatic rings. The van der Waals surface area contributed by atoms with Gasteiger partial charge >= 0.3 is 0 Å². The van der Waals surface area contributed by atoms with Gasteiger partial charge in [0.1, 0.15) is 0 Å². The molecular formula is C13H24N4O. The number of rotatable bonds is 5. The molecule has 0 saturated carbocycles. The van der Waals surface area contributed by atoms with Crippen molar-refractivity contribution in [3.8, 4) is 0 Å². The summed E-state index contributed by atoms with van der Waals surface area (Å²) in [5.41, 5.74) is 6.65. The SMILES string of the molecule is CC(N)CCCC(=O)Nc1cc(C(C)(C)C)[nH]n1. The maximum atomic E-state index is 11.6. The summed E-state index contributed by atoms with van der Waals surface area (Å²) in [5, 5.41) is 9.81. The van der Waals surface area contributed by atoms with Crippen LogP contribution in [0.15, 0.2) is 6.07 Å². The number of H-pyrrole nitrogens is 1. The molecule has 1 heterocycles. The molecule has 18 heavy (non-hydrogen) atoms. The van der Waals surface area contributed by atoms with Crippen LogP contribution in [0.4, 0.5) is 5.82 Å². The van der Waals surface area contributed by atoms with Gasteiger partial charge in [-0.15, -0.1) is 0 Å². The molecule has 4 N–H and O–H groups in total. The van der Waals surface area contributed by atoms with E-state index in [4.69, 9.17) is 5.73 Å². The van der Waals surface area contributed by atoms with Crippen LogP contribution in [-0.4, -0.2) is 22.1 Å². The summed E-state index contributed by atoms with van der Waals surface area (Å²) in [6.45, 7) is 8.22. The molecule has 1 amide bonds. The van der Waals surface area contributed by atoms with Gasteiger partial charge in [-0.3, -0.25) is 9.89 Å². The number of nitrogens with two attached hydrogens (primary N) is 1. The van der Waals surface area contributed by atoms with E-state index in [2.05, 4.69) is 36.3 Å². The Morgan fingerprint density at radius 2 is 2.22 bits per heavy atom. The van der Waals surface area contributed by atoms with Gasteiger partial charge in [0.05, 0.1) is 0 Å². The predicted octanol–water partition coefficient (Wildman–Crippen LogP) is 2.16. The first kappa shape index (κ1) is 14.7. The minimum Gasteiger partial charge on any atom is -0.328 e. The number of aromatic amines is 1. The van der Waals surface area contributed by atoms with Crippen LogP contribution in [0, 0.1) is 0 Å². The number of carbonyl (C=O) groups is 1. The predicted molar refractivity (Wildman–Crippen MR) is 73.4 cm³/mol. The minimum absolute atomic E-state index is 0.00492. The normalized spacial score (nSPS) is 13.4. The Morgan fingerprint density at radius 1 is 1.56 bits per heavy atom. The van der Waals surface area contributed by atoms with Gasteiger partial charge in [0, 0.05) is 29.6 Å². The van der Waals surface area contributed by atoms with E-state index in [1.165, 1.54) is 0 Å². The van der Waals surface area contributed by atoms with Gasteiger partial charge in [-0.25, -0.2) is 0 Å². The van der Waals surface area contributed by atoms with Gasteiger partial charge < -0.3 is 11.1 Å². The molecule has 0 spiro atoms. The minimum atomic E-state index is -0.0115. The molecule has 5 heteroatoms. The van der Waals surface area contributed by atoms with Crippen LogP contribution < -0.4 is 11.1 Å². The van der Waals surface area contributed by atoms with Crippen molar-refractivity contribution < 1.29 is 4.79 Å². The Balaban J connectivity index is 2.43. The third-order valence-electron chi connectivity index (χ3n) is 2.72. The molecule has 0 radical (unpaired) electrons. The lowest BCUT2D eigenvalue weighted by molar-refractivity contribution is -0.116. The second-order valence-corrected chi connectivity index (χ2v) is 5.83. The fourth-order valence-electron chi connectivity index (χ4n) is 1.56. The first-order valence-electron chi connectivity index (χ1n) is 6.40. The Kier molecular flexibility index (Phi) is 4.90. The molecule has 5 nitrogen and oxygen atoms in total. The lowest BCUT2D eigenvalue weighted by Gasteiger charge is -2.14. The van der Waals surface area contributed by atoms with E-state index in [9.17, 15) is 4.79 Å². The smallest absolute Gasteiger partial charge is 0.225 e. The highest BCUT2D eigenvalue weighted by Crippen LogP contribution is 2.21. The van der Waals surface area contributed by atoms with Crippen molar-refractivity contribution in [1.82, 2.24) is 10.2 Å². The molecule has 0 aromatic carbocycles. The van der Waals surface area contributed by atoms with Crippen LogP contribution in [0.5, 0.6) is 0 Å². The fraction of sp³-hybridized carbons (Fsp3) is 0.692. The summed E-state index contributed by atoms with van der Waals surface area (Å²) < 4.78 is 0. The lowest BCUT2D eigenvalue weighted by atomic mass is 9.92. The van der Waals surface area contributed by atoms with Crippen LogP contribution in [0.3, 0.4) is 0 Å². The molecule has 1 aromatic heterocycles. The summed E-state index contributed by atoms with van der Waals surface area (Å²) in [6, 6.07) is 2.03. The summed E-state index contributed by atoms with van der Waals surface area (Å²) in [6.07, 6.45) is 2.15. The first-order chi connectivity index (χ1) is 8.29. The van der Waals surface area contributed by atoms with Crippen molar-refractivity contribution in [2.75, 3.05) is 5.32 Å². The monoisotopic (exact) mass is 252 g/mol. The number of nitrogens with one attached hydrogen (secondary N) is 2. The van der Waals surface area contributed by atoms with E-state index in [-0.39, 0.29) is 17.4 Å². The molecule has 0 aliphatic heterocycles. The molecule has 0 bridgehead atoms. The van der Waals surface area contributed by atoms with Gasteiger partial charge in [0.15, 0.2) is 5.82 Å². The number of hydrogen-bond acceptors (Lipinski definition) is 3.